The molecule has 2 amide bonds. The van der Waals surface area contributed by atoms with Crippen LogP contribution < -0.4 is 5.32 Å². The van der Waals surface area contributed by atoms with E-state index in [0.717, 1.165) is 32.1 Å². The highest BCUT2D eigenvalue weighted by Crippen LogP contribution is 2.14. The van der Waals surface area contributed by atoms with Crippen LogP contribution in [0, 0.1) is 0 Å². The highest BCUT2D eigenvalue weighted by Gasteiger charge is 2.20. The summed E-state index contributed by atoms with van der Waals surface area (Å²) in [7, 11) is 0. The van der Waals surface area contributed by atoms with E-state index in [9.17, 15) is 19.2 Å². The van der Waals surface area contributed by atoms with Crippen LogP contribution in [0.2, 0.25) is 0 Å². The quantitative estimate of drug-likeness (QED) is 0.0364. The number of hydrogen-bond donors (Lipinski definition) is 1. The van der Waals surface area contributed by atoms with Crippen molar-refractivity contribution in [2.45, 2.75) is 174 Å². The predicted molar refractivity (Wildman–Crippen MR) is 173 cm³/mol. The van der Waals surface area contributed by atoms with Crippen LogP contribution in [0.1, 0.15) is 168 Å². The molecule has 0 aliphatic heterocycles. The largest absolute Gasteiger partial charge is 0.462 e. The molecule has 0 rings (SSSR count). The Balaban J connectivity index is 4.22. The fraction of sp³-hybridized carbons (Fsp3) is 0.882. The Morgan fingerprint density at radius 2 is 0.907 bits per heavy atom. The van der Waals surface area contributed by atoms with E-state index in [2.05, 4.69) is 13.8 Å². The van der Waals surface area contributed by atoms with E-state index in [4.69, 9.17) is 25.8 Å². The second kappa shape index (κ2) is 31.6. The van der Waals surface area contributed by atoms with Gasteiger partial charge in [-0.2, -0.15) is 0 Å². The van der Waals surface area contributed by atoms with Crippen LogP contribution in [-0.4, -0.2) is 49.1 Å². The highest BCUT2D eigenvalue weighted by molar-refractivity contribution is 6.28. The first-order valence-corrected chi connectivity index (χ1v) is 17.8. The van der Waals surface area contributed by atoms with E-state index < -0.39 is 24.1 Å². The third kappa shape index (κ3) is 30.0. The fourth-order valence-corrected chi connectivity index (χ4v) is 4.90. The summed E-state index contributed by atoms with van der Waals surface area (Å²) in [5.74, 6) is -1.88. The molecule has 0 unspecified atom stereocenters. The first-order valence-electron chi connectivity index (χ1n) is 17.3. The number of imide groups is 1. The Kier molecular flexibility index (Phi) is 30.2. The van der Waals surface area contributed by atoms with Crippen LogP contribution in [0.15, 0.2) is 0 Å². The zero-order chi connectivity index (χ0) is 31.8. The lowest BCUT2D eigenvalue weighted by atomic mass is 10.1. The highest BCUT2D eigenvalue weighted by atomic mass is 35.5. The molecule has 0 fully saturated rings. The van der Waals surface area contributed by atoms with Crippen LogP contribution in [0.5, 0.6) is 0 Å². The first-order chi connectivity index (χ1) is 20.9. The minimum absolute atomic E-state index is 0.211. The van der Waals surface area contributed by atoms with Crippen molar-refractivity contribution < 1.29 is 33.4 Å². The Labute approximate surface area is 267 Å². The van der Waals surface area contributed by atoms with E-state index in [0.29, 0.717) is 12.8 Å². The number of alkyl carbamates (subject to hydrolysis) is 1. The van der Waals surface area contributed by atoms with Crippen molar-refractivity contribution in [2.24, 2.45) is 0 Å². The minimum Gasteiger partial charge on any atom is -0.462 e. The van der Waals surface area contributed by atoms with Gasteiger partial charge in [-0.3, -0.25) is 19.7 Å². The van der Waals surface area contributed by atoms with Gasteiger partial charge in [0.05, 0.1) is 0 Å². The molecule has 8 nitrogen and oxygen atoms in total. The van der Waals surface area contributed by atoms with Gasteiger partial charge in [0, 0.05) is 12.8 Å². The molecule has 0 radical (unpaired) electrons. The number of rotatable bonds is 30. The summed E-state index contributed by atoms with van der Waals surface area (Å²) in [6, 6.07) is 0. The number of esters is 2. The normalized spacial score (nSPS) is 11.6. The summed E-state index contributed by atoms with van der Waals surface area (Å²) >= 11 is 5.39. The summed E-state index contributed by atoms with van der Waals surface area (Å²) in [6.07, 6.45) is 24.7. The number of carbonyl (C=O) groups is 4. The molecule has 9 heteroatoms. The van der Waals surface area contributed by atoms with Crippen LogP contribution >= 0.6 is 11.6 Å². The molecule has 0 aliphatic carbocycles. The van der Waals surface area contributed by atoms with E-state index in [-0.39, 0.29) is 31.5 Å². The van der Waals surface area contributed by atoms with Gasteiger partial charge in [0.15, 0.2) is 6.10 Å². The molecule has 252 valence electrons. The summed E-state index contributed by atoms with van der Waals surface area (Å²) in [4.78, 5) is 47.8. The van der Waals surface area contributed by atoms with Gasteiger partial charge in [-0.05, 0) is 12.8 Å². The molecule has 0 heterocycles. The summed E-state index contributed by atoms with van der Waals surface area (Å²) in [5, 5.41) is 1.96. The van der Waals surface area contributed by atoms with Gasteiger partial charge >= 0.3 is 18.0 Å². The number of unbranched alkanes of at least 4 members (excludes halogenated alkanes) is 20. The molecule has 0 saturated carbocycles. The van der Waals surface area contributed by atoms with E-state index in [1.165, 1.54) is 103 Å². The Bertz CT molecular complexity index is 704. The summed E-state index contributed by atoms with van der Waals surface area (Å²) in [6.45, 7) is 3.91. The maximum absolute atomic E-state index is 12.4. The van der Waals surface area contributed by atoms with Crippen molar-refractivity contribution >= 4 is 35.5 Å². The molecular weight excluding hydrogens is 570 g/mol. The van der Waals surface area contributed by atoms with Crippen molar-refractivity contribution in [2.75, 3.05) is 19.1 Å². The van der Waals surface area contributed by atoms with E-state index >= 15 is 0 Å². The second-order valence-electron chi connectivity index (χ2n) is 11.6. The van der Waals surface area contributed by atoms with Gasteiger partial charge in [-0.25, -0.2) is 4.79 Å². The average molecular weight is 632 g/mol. The predicted octanol–water partition coefficient (Wildman–Crippen LogP) is 9.34. The van der Waals surface area contributed by atoms with Gasteiger partial charge in [0.2, 0.25) is 5.91 Å². The maximum atomic E-state index is 12.4. The minimum atomic E-state index is -0.996. The zero-order valence-corrected chi connectivity index (χ0v) is 28.2. The number of hydrogen-bond acceptors (Lipinski definition) is 7. The Hall–Kier alpha value is -1.83. The van der Waals surface area contributed by atoms with Crippen LogP contribution in [0.4, 0.5) is 4.79 Å². The number of carbonyl (C=O) groups excluding carboxylic acids is 4. The lowest BCUT2D eigenvalue weighted by molar-refractivity contribution is -0.161. The van der Waals surface area contributed by atoms with Gasteiger partial charge < -0.3 is 14.2 Å². The first kappa shape index (κ1) is 41.2. The number of halogens is 1. The topological polar surface area (TPSA) is 108 Å². The van der Waals surface area contributed by atoms with Crippen molar-refractivity contribution in [1.29, 1.82) is 0 Å². The number of nitrogens with one attached hydrogen (secondary N) is 1. The van der Waals surface area contributed by atoms with Gasteiger partial charge in [-0.1, -0.05) is 142 Å². The van der Waals surface area contributed by atoms with Gasteiger partial charge in [-0.15, -0.1) is 11.6 Å². The maximum Gasteiger partial charge on any atom is 0.414 e. The molecule has 0 aromatic carbocycles. The second-order valence-corrected chi connectivity index (χ2v) is 11.9. The molecule has 0 aliphatic rings. The van der Waals surface area contributed by atoms with Crippen LogP contribution in [0.3, 0.4) is 0 Å². The van der Waals surface area contributed by atoms with E-state index in [1.54, 1.807) is 0 Å². The van der Waals surface area contributed by atoms with Crippen molar-refractivity contribution in [3.8, 4) is 0 Å². The molecular formula is C34H62ClNO7. The standard InChI is InChI=1S/C34H62ClNO7/c1-3-5-7-9-11-13-15-17-19-21-23-25-32(38)41-28-30(29-42-34(40)36-31(37)27-35)43-33(39)26-24-22-20-18-16-14-12-10-8-6-4-2/h30H,3-29H2,1-2H3,(H,36,37,40)/t30-/m1/s1. The fourth-order valence-electron chi connectivity index (χ4n) is 4.84. The van der Waals surface area contributed by atoms with E-state index in [1.807, 2.05) is 5.32 Å². The van der Waals surface area contributed by atoms with Crippen molar-refractivity contribution in [3.63, 3.8) is 0 Å². The number of ether oxygens (including phenoxy) is 3. The molecule has 1 atom stereocenters. The third-order valence-corrected chi connectivity index (χ3v) is 7.70. The van der Waals surface area contributed by atoms with Crippen molar-refractivity contribution in [1.82, 2.24) is 5.32 Å². The molecule has 1 N–H and O–H groups in total. The summed E-state index contributed by atoms with van der Waals surface area (Å²) < 4.78 is 15.8. The van der Waals surface area contributed by atoms with Crippen molar-refractivity contribution in [3.05, 3.63) is 0 Å². The molecule has 43 heavy (non-hydrogen) atoms. The molecule has 0 saturated heterocycles. The van der Waals surface area contributed by atoms with Crippen LogP contribution in [-0.2, 0) is 28.6 Å². The third-order valence-electron chi connectivity index (χ3n) is 7.46. The lowest BCUT2D eigenvalue weighted by Gasteiger charge is -2.18. The lowest BCUT2D eigenvalue weighted by Crippen LogP contribution is -2.36. The molecule has 0 aromatic heterocycles. The molecule has 0 aromatic rings. The average Bonchev–Trinajstić information content (AvgIpc) is 2.99. The molecule has 0 spiro atoms. The number of amides is 2. The Morgan fingerprint density at radius 3 is 1.33 bits per heavy atom. The van der Waals surface area contributed by atoms with Gasteiger partial charge in [0.1, 0.15) is 19.1 Å². The van der Waals surface area contributed by atoms with Crippen LogP contribution in [0.25, 0.3) is 0 Å². The van der Waals surface area contributed by atoms with Gasteiger partial charge in [0.25, 0.3) is 0 Å². The molecule has 0 bridgehead atoms. The summed E-state index contributed by atoms with van der Waals surface area (Å²) in [5.41, 5.74) is 0. The Morgan fingerprint density at radius 1 is 0.535 bits per heavy atom. The smallest absolute Gasteiger partial charge is 0.414 e. The zero-order valence-electron chi connectivity index (χ0n) is 27.4. The number of alkyl halides is 1. The SMILES string of the molecule is CCCCCCCCCCCCCC(=O)OC[C@H](COC(=O)NC(=O)CCl)OC(=O)CCCCCCCCCCCCC. The monoisotopic (exact) mass is 631 g/mol.